The quantitative estimate of drug-likeness (QED) is 0.793. The molecule has 2 saturated carbocycles. The van der Waals surface area contributed by atoms with Crippen LogP contribution in [0.25, 0.3) is 0 Å². The highest BCUT2D eigenvalue weighted by molar-refractivity contribution is 5.95. The highest BCUT2D eigenvalue weighted by Crippen LogP contribution is 2.46. The van der Waals surface area contributed by atoms with E-state index in [1.165, 1.54) is 25.7 Å². The van der Waals surface area contributed by atoms with Crippen molar-refractivity contribution in [2.45, 2.75) is 31.7 Å². The van der Waals surface area contributed by atoms with E-state index in [0.717, 1.165) is 44.1 Å². The van der Waals surface area contributed by atoms with Gasteiger partial charge in [-0.15, -0.1) is 0 Å². The van der Waals surface area contributed by atoms with Crippen LogP contribution in [0.3, 0.4) is 0 Å². The Labute approximate surface area is 161 Å². The molecule has 1 amide bonds. The topological polar surface area (TPSA) is 51.2 Å². The monoisotopic (exact) mass is 374 g/mol. The standard InChI is InChI=1S/C21H30N2O4/c1-25-18-12-16(13-19(26-2)20(18)27-3)21(24)23-8-6-22(7-9-23)17-11-14-4-5-15(17)10-14/h12-15,17H,4-11H2,1-3H3/t14-,15+,17-/m0/s1. The molecule has 2 aliphatic carbocycles. The largest absolute Gasteiger partial charge is 0.493 e. The number of methoxy groups -OCH3 is 3. The zero-order valence-electron chi connectivity index (χ0n) is 16.6. The first kappa shape index (κ1) is 18.4. The molecule has 0 spiro atoms. The van der Waals surface area contributed by atoms with Crippen LogP contribution in [0.4, 0.5) is 0 Å². The molecule has 6 nitrogen and oxygen atoms in total. The van der Waals surface area contributed by atoms with E-state index >= 15 is 0 Å². The maximum atomic E-state index is 13.0. The molecule has 6 heteroatoms. The van der Waals surface area contributed by atoms with Crippen LogP contribution in [-0.4, -0.2) is 69.3 Å². The van der Waals surface area contributed by atoms with Crippen LogP contribution >= 0.6 is 0 Å². The Balaban J connectivity index is 1.43. The van der Waals surface area contributed by atoms with Crippen molar-refractivity contribution in [1.29, 1.82) is 0 Å². The molecule has 1 aliphatic heterocycles. The highest BCUT2D eigenvalue weighted by atomic mass is 16.5. The molecule has 3 aliphatic rings. The van der Waals surface area contributed by atoms with Crippen LogP contribution in [0.2, 0.25) is 0 Å². The fourth-order valence-electron chi connectivity index (χ4n) is 5.30. The van der Waals surface area contributed by atoms with Gasteiger partial charge in [0.05, 0.1) is 21.3 Å². The Morgan fingerprint density at radius 2 is 1.59 bits per heavy atom. The summed E-state index contributed by atoms with van der Waals surface area (Å²) in [5, 5.41) is 0. The summed E-state index contributed by atoms with van der Waals surface area (Å²) in [6.07, 6.45) is 5.63. The molecule has 4 rings (SSSR count). The number of piperazine rings is 1. The van der Waals surface area contributed by atoms with Crippen molar-refractivity contribution >= 4 is 5.91 Å². The van der Waals surface area contributed by atoms with E-state index in [-0.39, 0.29) is 5.91 Å². The average Bonchev–Trinajstić information content (AvgIpc) is 3.35. The summed E-state index contributed by atoms with van der Waals surface area (Å²) in [5.74, 6) is 3.42. The maximum absolute atomic E-state index is 13.0. The lowest BCUT2D eigenvalue weighted by Crippen LogP contribution is -2.53. The second kappa shape index (κ2) is 7.58. The number of nitrogens with zero attached hydrogens (tertiary/aromatic N) is 2. The molecule has 0 aromatic heterocycles. The van der Waals surface area contributed by atoms with Gasteiger partial charge in [0.1, 0.15) is 0 Å². The lowest BCUT2D eigenvalue weighted by molar-refractivity contribution is 0.0495. The smallest absolute Gasteiger partial charge is 0.254 e. The van der Waals surface area contributed by atoms with Gasteiger partial charge < -0.3 is 19.1 Å². The van der Waals surface area contributed by atoms with Gasteiger partial charge in [0.2, 0.25) is 5.75 Å². The van der Waals surface area contributed by atoms with Crippen LogP contribution in [0, 0.1) is 11.8 Å². The molecule has 3 atom stereocenters. The van der Waals surface area contributed by atoms with Crippen LogP contribution in [0.15, 0.2) is 12.1 Å². The summed E-state index contributed by atoms with van der Waals surface area (Å²) >= 11 is 0. The molecule has 0 N–H and O–H groups in total. The van der Waals surface area contributed by atoms with E-state index in [9.17, 15) is 4.79 Å². The third-order valence-electron chi connectivity index (χ3n) is 6.68. The number of hydrogen-bond donors (Lipinski definition) is 0. The molecule has 0 radical (unpaired) electrons. The van der Waals surface area contributed by atoms with E-state index in [2.05, 4.69) is 4.90 Å². The highest BCUT2D eigenvalue weighted by Gasteiger charge is 2.43. The van der Waals surface area contributed by atoms with Crippen LogP contribution in [0.1, 0.15) is 36.0 Å². The molecular weight excluding hydrogens is 344 g/mol. The Kier molecular flexibility index (Phi) is 5.17. The first-order chi connectivity index (χ1) is 13.1. The number of rotatable bonds is 5. The lowest BCUT2D eigenvalue weighted by atomic mass is 9.93. The number of hydrogen-bond acceptors (Lipinski definition) is 5. The molecular formula is C21H30N2O4. The van der Waals surface area contributed by atoms with Crippen molar-refractivity contribution in [2.24, 2.45) is 11.8 Å². The van der Waals surface area contributed by atoms with E-state index in [4.69, 9.17) is 14.2 Å². The normalized spacial score (nSPS) is 27.7. The van der Waals surface area contributed by atoms with Crippen molar-refractivity contribution in [2.75, 3.05) is 47.5 Å². The number of carbonyl (C=O) groups excluding carboxylic acids is 1. The van der Waals surface area contributed by atoms with Crippen LogP contribution in [0.5, 0.6) is 17.2 Å². The molecule has 0 unspecified atom stereocenters. The van der Waals surface area contributed by atoms with Gasteiger partial charge >= 0.3 is 0 Å². The molecule has 1 heterocycles. The second-order valence-corrected chi connectivity index (χ2v) is 7.98. The zero-order valence-corrected chi connectivity index (χ0v) is 16.6. The van der Waals surface area contributed by atoms with E-state index < -0.39 is 0 Å². The number of benzene rings is 1. The summed E-state index contributed by atoms with van der Waals surface area (Å²) in [6.45, 7) is 3.51. The Hall–Kier alpha value is -1.95. The molecule has 1 saturated heterocycles. The molecule has 1 aromatic carbocycles. The summed E-state index contributed by atoms with van der Waals surface area (Å²) in [5.41, 5.74) is 0.581. The van der Waals surface area contributed by atoms with E-state index in [1.807, 2.05) is 4.90 Å². The number of fused-ring (bicyclic) bond motifs is 2. The van der Waals surface area contributed by atoms with Crippen LogP contribution < -0.4 is 14.2 Å². The molecule has 27 heavy (non-hydrogen) atoms. The number of ether oxygens (including phenoxy) is 3. The van der Waals surface area contributed by atoms with Gasteiger partial charge in [-0.05, 0) is 43.2 Å². The van der Waals surface area contributed by atoms with Crippen molar-refractivity contribution in [3.63, 3.8) is 0 Å². The van der Waals surface area contributed by atoms with Gasteiger partial charge in [-0.2, -0.15) is 0 Å². The minimum atomic E-state index is 0.0295. The van der Waals surface area contributed by atoms with Gasteiger partial charge in [0.25, 0.3) is 5.91 Å². The predicted molar refractivity (Wildman–Crippen MR) is 103 cm³/mol. The predicted octanol–water partition coefficient (Wildman–Crippen LogP) is 2.66. The first-order valence-corrected chi connectivity index (χ1v) is 9.98. The van der Waals surface area contributed by atoms with Crippen molar-refractivity contribution in [3.8, 4) is 17.2 Å². The number of carbonyl (C=O) groups is 1. The van der Waals surface area contributed by atoms with Gasteiger partial charge in [0, 0.05) is 37.8 Å². The molecule has 3 fully saturated rings. The van der Waals surface area contributed by atoms with Crippen molar-refractivity contribution < 1.29 is 19.0 Å². The zero-order chi connectivity index (χ0) is 19.0. The SMILES string of the molecule is COc1cc(C(=O)N2CCN([C@H]3C[C@H]4CC[C@@H]3C4)CC2)cc(OC)c1OC. The Bertz CT molecular complexity index is 674. The summed E-state index contributed by atoms with van der Waals surface area (Å²) in [7, 11) is 4.70. The van der Waals surface area contributed by atoms with Crippen LogP contribution in [-0.2, 0) is 0 Å². The number of amides is 1. The summed E-state index contributed by atoms with van der Waals surface area (Å²) in [6, 6.07) is 4.24. The molecule has 148 valence electrons. The van der Waals surface area contributed by atoms with Gasteiger partial charge in [-0.3, -0.25) is 9.69 Å². The second-order valence-electron chi connectivity index (χ2n) is 7.98. The first-order valence-electron chi connectivity index (χ1n) is 9.98. The Morgan fingerprint density at radius 1 is 0.926 bits per heavy atom. The summed E-state index contributed by atoms with van der Waals surface area (Å²) < 4.78 is 16.1. The maximum Gasteiger partial charge on any atom is 0.254 e. The van der Waals surface area contributed by atoms with Gasteiger partial charge in [-0.25, -0.2) is 0 Å². The molecule has 2 bridgehead atoms. The fourth-order valence-corrected chi connectivity index (χ4v) is 5.30. The summed E-state index contributed by atoms with van der Waals surface area (Å²) in [4.78, 5) is 17.6. The minimum absolute atomic E-state index is 0.0295. The van der Waals surface area contributed by atoms with E-state index in [1.54, 1.807) is 33.5 Å². The fraction of sp³-hybridized carbons (Fsp3) is 0.667. The van der Waals surface area contributed by atoms with Gasteiger partial charge in [-0.1, -0.05) is 6.42 Å². The average molecular weight is 374 g/mol. The van der Waals surface area contributed by atoms with Crippen molar-refractivity contribution in [3.05, 3.63) is 17.7 Å². The lowest BCUT2D eigenvalue weighted by Gasteiger charge is -2.41. The third kappa shape index (κ3) is 3.35. The van der Waals surface area contributed by atoms with Gasteiger partial charge in [0.15, 0.2) is 11.5 Å². The minimum Gasteiger partial charge on any atom is -0.493 e. The third-order valence-corrected chi connectivity index (χ3v) is 6.68. The molecule has 1 aromatic rings. The Morgan fingerprint density at radius 3 is 2.07 bits per heavy atom. The van der Waals surface area contributed by atoms with Crippen molar-refractivity contribution in [1.82, 2.24) is 9.80 Å². The van der Waals surface area contributed by atoms with E-state index in [0.29, 0.717) is 22.8 Å².